The zero-order valence-electron chi connectivity index (χ0n) is 13.2. The summed E-state index contributed by atoms with van der Waals surface area (Å²) in [5.41, 5.74) is 2.48. The second kappa shape index (κ2) is 8.17. The number of hydrogen-bond donors (Lipinski definition) is 2. The lowest BCUT2D eigenvalue weighted by Crippen LogP contribution is -2.13. The number of benzene rings is 1. The van der Waals surface area contributed by atoms with E-state index in [4.69, 9.17) is 0 Å². The molecule has 1 amide bonds. The molecule has 22 heavy (non-hydrogen) atoms. The average Bonchev–Trinajstić information content (AvgIpc) is 2.52. The first-order chi connectivity index (χ1) is 10.7. The monoisotopic (exact) mass is 297 g/mol. The molecule has 4 nitrogen and oxygen atoms in total. The first-order valence-electron chi connectivity index (χ1n) is 7.78. The van der Waals surface area contributed by atoms with E-state index in [2.05, 4.69) is 22.5 Å². The van der Waals surface area contributed by atoms with Gasteiger partial charge >= 0.3 is 0 Å². The van der Waals surface area contributed by atoms with Gasteiger partial charge in [0.1, 0.15) is 5.82 Å². The van der Waals surface area contributed by atoms with Gasteiger partial charge in [-0.25, -0.2) is 4.98 Å². The van der Waals surface area contributed by atoms with Gasteiger partial charge in [-0.2, -0.15) is 0 Å². The third-order valence-electron chi connectivity index (χ3n) is 3.36. The lowest BCUT2D eigenvalue weighted by Gasteiger charge is -2.09. The van der Waals surface area contributed by atoms with Crippen molar-refractivity contribution in [2.24, 2.45) is 0 Å². The van der Waals surface area contributed by atoms with Crippen molar-refractivity contribution in [2.75, 3.05) is 17.2 Å². The van der Waals surface area contributed by atoms with E-state index in [1.54, 1.807) is 6.07 Å². The van der Waals surface area contributed by atoms with Gasteiger partial charge in [0.25, 0.3) is 5.91 Å². The summed E-state index contributed by atoms with van der Waals surface area (Å²) in [7, 11) is 0. The maximum absolute atomic E-state index is 12.3. The van der Waals surface area contributed by atoms with Crippen LogP contribution in [0.2, 0.25) is 0 Å². The zero-order chi connectivity index (χ0) is 15.8. The quantitative estimate of drug-likeness (QED) is 0.751. The number of aromatic nitrogens is 1. The Balaban J connectivity index is 1.97. The molecule has 1 aromatic heterocycles. The van der Waals surface area contributed by atoms with Crippen molar-refractivity contribution < 1.29 is 4.79 Å². The van der Waals surface area contributed by atoms with Crippen LogP contribution in [0.15, 0.2) is 42.5 Å². The predicted octanol–water partition coefficient (Wildman–Crippen LogP) is 4.24. The highest BCUT2D eigenvalue weighted by atomic mass is 16.1. The Morgan fingerprint density at radius 3 is 2.73 bits per heavy atom. The summed E-state index contributed by atoms with van der Waals surface area (Å²) in [6, 6.07) is 13.1. The molecule has 0 saturated heterocycles. The highest BCUT2D eigenvalue weighted by molar-refractivity contribution is 6.04. The molecular weight excluding hydrogens is 274 g/mol. The second-order valence-electron chi connectivity index (χ2n) is 5.33. The Hall–Kier alpha value is -2.36. The van der Waals surface area contributed by atoms with Crippen LogP contribution in [0.3, 0.4) is 0 Å². The van der Waals surface area contributed by atoms with Crippen LogP contribution >= 0.6 is 0 Å². The van der Waals surface area contributed by atoms with Gasteiger partial charge in [0.15, 0.2) is 0 Å². The van der Waals surface area contributed by atoms with Gasteiger partial charge in [0.2, 0.25) is 0 Å². The number of carbonyl (C=O) groups is 1. The molecule has 0 aliphatic heterocycles. The molecule has 1 heterocycles. The van der Waals surface area contributed by atoms with E-state index in [9.17, 15) is 4.79 Å². The molecule has 0 radical (unpaired) electrons. The molecule has 0 spiro atoms. The standard InChI is InChI=1S/C18H23N3O/c1-3-4-5-12-19-16-10-7-9-15(13-16)18(22)21-17-11-6-8-14(2)20-17/h6-11,13,19H,3-5,12H2,1-2H3,(H,20,21,22). The summed E-state index contributed by atoms with van der Waals surface area (Å²) in [6.07, 6.45) is 3.56. The first-order valence-corrected chi connectivity index (χ1v) is 7.78. The van der Waals surface area contributed by atoms with Crippen LogP contribution in [0.4, 0.5) is 11.5 Å². The number of carbonyl (C=O) groups excluding carboxylic acids is 1. The summed E-state index contributed by atoms with van der Waals surface area (Å²) in [4.78, 5) is 16.6. The van der Waals surface area contributed by atoms with Gasteiger partial charge in [0.05, 0.1) is 0 Å². The Morgan fingerprint density at radius 2 is 1.95 bits per heavy atom. The number of pyridine rings is 1. The molecule has 0 atom stereocenters. The number of rotatable bonds is 7. The summed E-state index contributed by atoms with van der Waals surface area (Å²) >= 11 is 0. The number of anilines is 2. The molecule has 116 valence electrons. The van der Waals surface area contributed by atoms with Crippen molar-refractivity contribution in [3.8, 4) is 0 Å². The predicted molar refractivity (Wildman–Crippen MR) is 91.4 cm³/mol. The van der Waals surface area contributed by atoms with Gasteiger partial charge in [-0.3, -0.25) is 4.79 Å². The molecular formula is C18H23N3O. The fourth-order valence-electron chi connectivity index (χ4n) is 2.18. The van der Waals surface area contributed by atoms with Gasteiger partial charge in [0, 0.05) is 23.5 Å². The molecule has 0 bridgehead atoms. The molecule has 4 heteroatoms. The topological polar surface area (TPSA) is 54.0 Å². The van der Waals surface area contributed by atoms with E-state index in [-0.39, 0.29) is 5.91 Å². The molecule has 2 aromatic rings. The molecule has 2 rings (SSSR count). The lowest BCUT2D eigenvalue weighted by atomic mass is 10.2. The van der Waals surface area contributed by atoms with Crippen molar-refractivity contribution in [3.63, 3.8) is 0 Å². The van der Waals surface area contributed by atoms with Gasteiger partial charge < -0.3 is 10.6 Å². The van der Waals surface area contributed by atoms with E-state index in [0.717, 1.165) is 24.3 Å². The SMILES string of the molecule is CCCCCNc1cccc(C(=O)Nc2cccc(C)n2)c1. The van der Waals surface area contributed by atoms with Crippen LogP contribution in [0.5, 0.6) is 0 Å². The van der Waals surface area contributed by atoms with Gasteiger partial charge in [-0.1, -0.05) is 31.9 Å². The Labute approximate surface area is 132 Å². The molecule has 0 saturated carbocycles. The molecule has 0 fully saturated rings. The molecule has 1 aromatic carbocycles. The van der Waals surface area contributed by atoms with Crippen molar-refractivity contribution in [2.45, 2.75) is 33.1 Å². The average molecular weight is 297 g/mol. The molecule has 0 aliphatic carbocycles. The lowest BCUT2D eigenvalue weighted by molar-refractivity contribution is 0.102. The summed E-state index contributed by atoms with van der Waals surface area (Å²) in [5, 5.41) is 6.18. The Bertz CT molecular complexity index is 625. The Kier molecular flexibility index (Phi) is 5.95. The van der Waals surface area contributed by atoms with Crippen molar-refractivity contribution in [3.05, 3.63) is 53.7 Å². The maximum Gasteiger partial charge on any atom is 0.256 e. The minimum atomic E-state index is -0.143. The van der Waals surface area contributed by atoms with E-state index in [1.165, 1.54) is 12.8 Å². The summed E-state index contributed by atoms with van der Waals surface area (Å²) in [6.45, 7) is 5.01. The normalized spacial score (nSPS) is 10.3. The highest BCUT2D eigenvalue weighted by Crippen LogP contribution is 2.13. The van der Waals surface area contributed by atoms with Gasteiger partial charge in [-0.05, 0) is 43.7 Å². The molecule has 0 aliphatic rings. The largest absolute Gasteiger partial charge is 0.385 e. The first kappa shape index (κ1) is 16.0. The molecule has 2 N–H and O–H groups in total. The Morgan fingerprint density at radius 1 is 1.14 bits per heavy atom. The van der Waals surface area contributed by atoms with E-state index >= 15 is 0 Å². The van der Waals surface area contributed by atoms with Gasteiger partial charge in [-0.15, -0.1) is 0 Å². The fraction of sp³-hybridized carbons (Fsp3) is 0.333. The minimum Gasteiger partial charge on any atom is -0.385 e. The van der Waals surface area contributed by atoms with Crippen LogP contribution in [0.25, 0.3) is 0 Å². The number of nitrogens with one attached hydrogen (secondary N) is 2. The fourth-order valence-corrected chi connectivity index (χ4v) is 2.18. The van der Waals surface area contributed by atoms with E-state index in [1.807, 2.05) is 43.3 Å². The van der Waals surface area contributed by atoms with Crippen LogP contribution < -0.4 is 10.6 Å². The van der Waals surface area contributed by atoms with Crippen molar-refractivity contribution in [1.82, 2.24) is 4.98 Å². The minimum absolute atomic E-state index is 0.143. The highest BCUT2D eigenvalue weighted by Gasteiger charge is 2.07. The number of unbranched alkanes of at least 4 members (excludes halogenated alkanes) is 2. The number of amides is 1. The maximum atomic E-state index is 12.3. The summed E-state index contributed by atoms with van der Waals surface area (Å²) < 4.78 is 0. The smallest absolute Gasteiger partial charge is 0.256 e. The van der Waals surface area contributed by atoms with Crippen LogP contribution in [0, 0.1) is 6.92 Å². The third-order valence-corrected chi connectivity index (χ3v) is 3.36. The van der Waals surface area contributed by atoms with Crippen LogP contribution in [0.1, 0.15) is 42.2 Å². The third kappa shape index (κ3) is 4.88. The van der Waals surface area contributed by atoms with Crippen LogP contribution in [-0.2, 0) is 0 Å². The summed E-state index contributed by atoms with van der Waals surface area (Å²) in [5.74, 6) is 0.432. The second-order valence-corrected chi connectivity index (χ2v) is 5.33. The molecule has 0 unspecified atom stereocenters. The van der Waals surface area contributed by atoms with Crippen molar-refractivity contribution >= 4 is 17.4 Å². The zero-order valence-corrected chi connectivity index (χ0v) is 13.2. The number of aryl methyl sites for hydroxylation is 1. The number of hydrogen-bond acceptors (Lipinski definition) is 3. The van der Waals surface area contributed by atoms with E-state index in [0.29, 0.717) is 11.4 Å². The van der Waals surface area contributed by atoms with E-state index < -0.39 is 0 Å². The number of nitrogens with zero attached hydrogens (tertiary/aromatic N) is 1. The van der Waals surface area contributed by atoms with Crippen LogP contribution in [-0.4, -0.2) is 17.4 Å². The van der Waals surface area contributed by atoms with Crippen molar-refractivity contribution in [1.29, 1.82) is 0 Å².